The van der Waals surface area contributed by atoms with Crippen molar-refractivity contribution < 1.29 is 17.8 Å². The minimum absolute atomic E-state index is 0.0632. The van der Waals surface area contributed by atoms with Crippen LogP contribution in [0.3, 0.4) is 0 Å². The van der Waals surface area contributed by atoms with Gasteiger partial charge in [-0.25, -0.2) is 8.42 Å². The molecule has 0 radical (unpaired) electrons. The lowest BCUT2D eigenvalue weighted by Crippen LogP contribution is -2.27. The second kappa shape index (κ2) is 6.27. The van der Waals surface area contributed by atoms with Crippen LogP contribution in [0.25, 0.3) is 0 Å². The number of sulfonamides is 1. The fourth-order valence-corrected chi connectivity index (χ4v) is 4.32. The van der Waals surface area contributed by atoms with Gasteiger partial charge >= 0.3 is 0 Å². The van der Waals surface area contributed by atoms with Crippen molar-refractivity contribution in [2.75, 3.05) is 7.05 Å². The van der Waals surface area contributed by atoms with Crippen LogP contribution in [0.15, 0.2) is 39.6 Å². The molecule has 0 aliphatic heterocycles. The molecule has 0 amide bonds. The lowest BCUT2D eigenvalue weighted by molar-refractivity contribution is -0.385. The molecule has 134 valence electrons. The summed E-state index contributed by atoms with van der Waals surface area (Å²) in [6.45, 7) is 3.67. The first-order chi connectivity index (χ1) is 11.7. The largest absolute Gasteiger partial charge is 0.464 e. The van der Waals surface area contributed by atoms with Crippen molar-refractivity contribution in [3.05, 3.63) is 57.5 Å². The number of furan rings is 1. The van der Waals surface area contributed by atoms with Gasteiger partial charge in [-0.05, 0) is 37.5 Å². The molecule has 2 atom stereocenters. The van der Waals surface area contributed by atoms with E-state index in [0.717, 1.165) is 16.5 Å². The van der Waals surface area contributed by atoms with Gasteiger partial charge in [0.15, 0.2) is 0 Å². The van der Waals surface area contributed by atoms with Gasteiger partial charge in [-0.3, -0.25) is 10.1 Å². The van der Waals surface area contributed by atoms with Crippen molar-refractivity contribution in [3.63, 3.8) is 0 Å². The Hall–Kier alpha value is -2.19. The van der Waals surface area contributed by atoms with Crippen LogP contribution in [-0.4, -0.2) is 24.7 Å². The van der Waals surface area contributed by atoms with Crippen molar-refractivity contribution >= 4 is 15.7 Å². The summed E-state index contributed by atoms with van der Waals surface area (Å²) in [5.41, 5.74) is -0.0798. The van der Waals surface area contributed by atoms with Gasteiger partial charge in [0.1, 0.15) is 11.5 Å². The summed E-state index contributed by atoms with van der Waals surface area (Å²) in [6.07, 6.45) is 1.09. The van der Waals surface area contributed by atoms with E-state index in [1.165, 1.54) is 32.2 Å². The summed E-state index contributed by atoms with van der Waals surface area (Å²) >= 11 is 0. The Morgan fingerprint density at radius 2 is 2.00 bits per heavy atom. The molecule has 7 nitrogen and oxygen atoms in total. The molecule has 1 fully saturated rings. The summed E-state index contributed by atoms with van der Waals surface area (Å²) in [5.74, 6) is 2.48. The third-order valence-electron chi connectivity index (χ3n) is 4.68. The quantitative estimate of drug-likeness (QED) is 0.578. The molecule has 0 bridgehead atoms. The van der Waals surface area contributed by atoms with Gasteiger partial charge in [0, 0.05) is 24.6 Å². The molecule has 1 aromatic carbocycles. The zero-order valence-corrected chi connectivity index (χ0v) is 15.1. The fraction of sp³-hybridized carbons (Fsp3) is 0.412. The maximum Gasteiger partial charge on any atom is 0.273 e. The average Bonchev–Trinajstić information content (AvgIpc) is 3.09. The summed E-state index contributed by atoms with van der Waals surface area (Å²) in [5, 5.41) is 11.0. The summed E-state index contributed by atoms with van der Waals surface area (Å²) in [7, 11) is -2.42. The third-order valence-corrected chi connectivity index (χ3v) is 6.62. The molecule has 3 rings (SSSR count). The highest BCUT2D eigenvalue weighted by atomic mass is 32.2. The van der Waals surface area contributed by atoms with Crippen LogP contribution in [0.2, 0.25) is 0 Å². The zero-order valence-electron chi connectivity index (χ0n) is 14.3. The van der Waals surface area contributed by atoms with Crippen molar-refractivity contribution in [2.45, 2.75) is 37.6 Å². The minimum Gasteiger partial charge on any atom is -0.464 e. The van der Waals surface area contributed by atoms with Crippen LogP contribution in [-0.2, 0) is 16.6 Å². The lowest BCUT2D eigenvalue weighted by Gasteiger charge is -2.17. The second-order valence-electron chi connectivity index (χ2n) is 6.54. The van der Waals surface area contributed by atoms with Gasteiger partial charge in [0.05, 0.1) is 16.4 Å². The van der Waals surface area contributed by atoms with E-state index >= 15 is 0 Å². The first-order valence-corrected chi connectivity index (χ1v) is 9.44. The lowest BCUT2D eigenvalue weighted by atomic mass is 10.2. The molecule has 1 aliphatic carbocycles. The molecule has 1 saturated carbocycles. The van der Waals surface area contributed by atoms with Crippen LogP contribution in [0.1, 0.15) is 36.3 Å². The van der Waals surface area contributed by atoms with Crippen molar-refractivity contribution in [2.24, 2.45) is 5.92 Å². The normalized spacial score (nSPS) is 20.0. The summed E-state index contributed by atoms with van der Waals surface area (Å²) in [6, 6.07) is 7.73. The van der Waals surface area contributed by atoms with Crippen LogP contribution in [0.4, 0.5) is 5.69 Å². The molecule has 25 heavy (non-hydrogen) atoms. The number of nitrogens with zero attached hydrogens (tertiary/aromatic N) is 2. The smallest absolute Gasteiger partial charge is 0.273 e. The van der Waals surface area contributed by atoms with Crippen molar-refractivity contribution in [3.8, 4) is 0 Å². The van der Waals surface area contributed by atoms with Gasteiger partial charge < -0.3 is 4.42 Å². The van der Waals surface area contributed by atoms with Gasteiger partial charge in [-0.1, -0.05) is 13.0 Å². The van der Waals surface area contributed by atoms with Crippen LogP contribution in [0, 0.1) is 23.0 Å². The molecule has 0 unspecified atom stereocenters. The maximum absolute atomic E-state index is 12.8. The molecular formula is C17H20N2O5S. The van der Waals surface area contributed by atoms with Crippen LogP contribution in [0.5, 0.6) is 0 Å². The molecule has 1 aliphatic rings. The van der Waals surface area contributed by atoms with E-state index in [4.69, 9.17) is 4.42 Å². The zero-order chi connectivity index (χ0) is 18.4. The molecule has 8 heteroatoms. The standard InChI is InChI=1S/C17H20N2O5S/c1-11-9-14(11)16-8-7-13(24-16)10-18(3)25(22,23)17-6-4-5-15(12(17)2)19(20)21/h4-8,11,14H,9-10H2,1-3H3/t11-,14+/m0/s1. The fourth-order valence-electron chi connectivity index (χ4n) is 2.95. The number of hydrogen-bond acceptors (Lipinski definition) is 5. The molecule has 1 aromatic heterocycles. The minimum atomic E-state index is -3.86. The van der Waals surface area contributed by atoms with Crippen molar-refractivity contribution in [1.82, 2.24) is 4.31 Å². The van der Waals surface area contributed by atoms with E-state index in [0.29, 0.717) is 17.6 Å². The Balaban J connectivity index is 1.83. The number of rotatable bonds is 6. The van der Waals surface area contributed by atoms with Gasteiger partial charge in [-0.2, -0.15) is 4.31 Å². The molecule has 2 aromatic rings. The number of benzene rings is 1. The van der Waals surface area contributed by atoms with Gasteiger partial charge in [0.25, 0.3) is 5.69 Å². The topological polar surface area (TPSA) is 93.7 Å². The van der Waals surface area contributed by atoms with Crippen LogP contribution >= 0.6 is 0 Å². The maximum atomic E-state index is 12.8. The molecule has 1 heterocycles. The average molecular weight is 364 g/mol. The molecule has 0 saturated heterocycles. The van der Waals surface area contributed by atoms with Crippen molar-refractivity contribution in [1.29, 1.82) is 0 Å². The molecule has 0 N–H and O–H groups in total. The van der Waals surface area contributed by atoms with Crippen LogP contribution < -0.4 is 0 Å². The molecular weight excluding hydrogens is 344 g/mol. The van der Waals surface area contributed by atoms with Gasteiger partial charge in [0.2, 0.25) is 10.0 Å². The predicted octanol–water partition coefficient (Wildman–Crippen LogP) is 3.44. The summed E-state index contributed by atoms with van der Waals surface area (Å²) < 4.78 is 32.5. The highest BCUT2D eigenvalue weighted by Gasteiger charge is 2.37. The van der Waals surface area contributed by atoms with E-state index in [1.54, 1.807) is 6.07 Å². The first kappa shape index (κ1) is 17.6. The van der Waals surface area contributed by atoms with E-state index in [9.17, 15) is 18.5 Å². The number of nitro groups is 1. The highest BCUT2D eigenvalue weighted by Crippen LogP contribution is 2.47. The summed E-state index contributed by atoms with van der Waals surface area (Å²) in [4.78, 5) is 10.4. The Morgan fingerprint density at radius 3 is 2.60 bits per heavy atom. The Morgan fingerprint density at radius 1 is 1.32 bits per heavy atom. The van der Waals surface area contributed by atoms with E-state index in [1.807, 2.05) is 6.07 Å². The van der Waals surface area contributed by atoms with Gasteiger partial charge in [-0.15, -0.1) is 0 Å². The first-order valence-electron chi connectivity index (χ1n) is 8.00. The number of hydrogen-bond donors (Lipinski definition) is 0. The Bertz CT molecular complexity index is 919. The SMILES string of the molecule is Cc1c([N+](=O)[O-])cccc1S(=O)(=O)N(C)Cc1ccc([C@@H]2C[C@@H]2C)o1. The second-order valence-corrected chi connectivity index (χ2v) is 8.56. The Kier molecular flexibility index (Phi) is 4.42. The predicted molar refractivity (Wildman–Crippen MR) is 91.7 cm³/mol. The highest BCUT2D eigenvalue weighted by molar-refractivity contribution is 7.89. The Labute approximate surface area is 146 Å². The van der Waals surface area contributed by atoms with E-state index in [2.05, 4.69) is 6.92 Å². The van der Waals surface area contributed by atoms with E-state index < -0.39 is 14.9 Å². The van der Waals surface area contributed by atoms with E-state index in [-0.39, 0.29) is 22.7 Å². The molecule has 0 spiro atoms. The monoisotopic (exact) mass is 364 g/mol. The third kappa shape index (κ3) is 3.32. The number of nitro benzene ring substituents is 1.